The summed E-state index contributed by atoms with van der Waals surface area (Å²) in [4.78, 5) is 30.2. The minimum Gasteiger partial charge on any atom is -0.370 e. The number of anilines is 1. The van der Waals surface area contributed by atoms with Gasteiger partial charge >= 0.3 is 0 Å². The highest BCUT2D eigenvalue weighted by atomic mass is 19.1. The van der Waals surface area contributed by atoms with Crippen LogP contribution in [0.25, 0.3) is 0 Å². The van der Waals surface area contributed by atoms with Crippen LogP contribution in [0.1, 0.15) is 19.3 Å². The van der Waals surface area contributed by atoms with E-state index in [0.29, 0.717) is 13.1 Å². The van der Waals surface area contributed by atoms with E-state index in [1.54, 1.807) is 12.1 Å². The van der Waals surface area contributed by atoms with Crippen molar-refractivity contribution in [3.63, 3.8) is 0 Å². The predicted molar refractivity (Wildman–Crippen MR) is 98.2 cm³/mol. The van der Waals surface area contributed by atoms with Gasteiger partial charge in [0.15, 0.2) is 0 Å². The van der Waals surface area contributed by atoms with Crippen LogP contribution in [-0.4, -0.2) is 67.4 Å². The summed E-state index contributed by atoms with van der Waals surface area (Å²) in [5.74, 6) is -0.457. The Morgan fingerprint density at radius 3 is 2.54 bits per heavy atom. The van der Waals surface area contributed by atoms with Gasteiger partial charge < -0.3 is 15.5 Å². The van der Waals surface area contributed by atoms with Gasteiger partial charge in [0, 0.05) is 38.4 Å². The molecule has 2 heterocycles. The van der Waals surface area contributed by atoms with Crippen molar-refractivity contribution in [3.8, 4) is 0 Å². The number of hydrogen-bond acceptors (Lipinski definition) is 4. The number of carbonyl (C=O) groups excluding carboxylic acids is 2. The summed E-state index contributed by atoms with van der Waals surface area (Å²) < 4.78 is 13.1. The number of halogens is 1. The Morgan fingerprint density at radius 2 is 1.81 bits per heavy atom. The lowest BCUT2D eigenvalue weighted by Gasteiger charge is -2.34. The normalized spacial score (nSPS) is 22.1. The molecule has 2 aliphatic rings. The van der Waals surface area contributed by atoms with Crippen molar-refractivity contribution < 1.29 is 14.0 Å². The summed E-state index contributed by atoms with van der Waals surface area (Å²) in [5.41, 5.74) is 6.27. The molecule has 7 heteroatoms. The van der Waals surface area contributed by atoms with Gasteiger partial charge in [0.25, 0.3) is 0 Å². The van der Waals surface area contributed by atoms with Gasteiger partial charge in [-0.15, -0.1) is 0 Å². The smallest absolute Gasteiger partial charge is 0.231 e. The van der Waals surface area contributed by atoms with E-state index in [0.717, 1.165) is 51.1 Å². The van der Waals surface area contributed by atoms with Crippen molar-refractivity contribution in [1.82, 2.24) is 9.80 Å². The van der Waals surface area contributed by atoms with Crippen LogP contribution in [0.4, 0.5) is 10.1 Å². The first-order valence-electron chi connectivity index (χ1n) is 9.33. The maximum absolute atomic E-state index is 13.1. The number of nitrogens with zero attached hydrogens (tertiary/aromatic N) is 3. The van der Waals surface area contributed by atoms with Crippen LogP contribution in [0, 0.1) is 11.7 Å². The third-order valence-corrected chi connectivity index (χ3v) is 5.23. The van der Waals surface area contributed by atoms with Crippen LogP contribution in [0.15, 0.2) is 24.3 Å². The van der Waals surface area contributed by atoms with Crippen LogP contribution in [0.3, 0.4) is 0 Å². The summed E-state index contributed by atoms with van der Waals surface area (Å²) in [6, 6.07) is 6.52. The van der Waals surface area contributed by atoms with Crippen molar-refractivity contribution in [3.05, 3.63) is 30.1 Å². The Balaban J connectivity index is 1.57. The van der Waals surface area contributed by atoms with E-state index in [9.17, 15) is 14.0 Å². The fourth-order valence-corrected chi connectivity index (χ4v) is 3.93. The highest BCUT2D eigenvalue weighted by Gasteiger charge is 2.30. The molecular formula is C19H27FN4O2. The van der Waals surface area contributed by atoms with Gasteiger partial charge in [0.1, 0.15) is 5.82 Å². The van der Waals surface area contributed by atoms with Gasteiger partial charge in [-0.2, -0.15) is 0 Å². The zero-order chi connectivity index (χ0) is 18.5. The highest BCUT2D eigenvalue weighted by molar-refractivity contribution is 5.80. The third-order valence-electron chi connectivity index (χ3n) is 5.23. The van der Waals surface area contributed by atoms with Gasteiger partial charge in [0.2, 0.25) is 11.8 Å². The topological polar surface area (TPSA) is 69.9 Å². The van der Waals surface area contributed by atoms with Crippen LogP contribution < -0.4 is 10.6 Å². The van der Waals surface area contributed by atoms with Gasteiger partial charge in [-0.1, -0.05) is 0 Å². The van der Waals surface area contributed by atoms with E-state index in [-0.39, 0.29) is 30.1 Å². The molecule has 0 saturated carbocycles. The molecular weight excluding hydrogens is 335 g/mol. The predicted octanol–water partition coefficient (Wildman–Crippen LogP) is 1.06. The number of rotatable bonds is 4. The number of hydrogen-bond donors (Lipinski definition) is 1. The molecule has 1 aromatic carbocycles. The fourth-order valence-electron chi connectivity index (χ4n) is 3.93. The first-order chi connectivity index (χ1) is 12.5. The number of benzene rings is 1. The maximum Gasteiger partial charge on any atom is 0.231 e. The van der Waals surface area contributed by atoms with Gasteiger partial charge in [-0.05, 0) is 50.1 Å². The lowest BCUT2D eigenvalue weighted by Crippen LogP contribution is -2.47. The molecule has 1 unspecified atom stereocenters. The summed E-state index contributed by atoms with van der Waals surface area (Å²) in [6.07, 6.45) is 2.67. The molecule has 2 amide bonds. The SMILES string of the molecule is NC(=O)CN1CCCC(C(=O)N2CCCN(c3ccc(F)cc3)CC2)C1. The van der Waals surface area contributed by atoms with Crippen LogP contribution in [0.2, 0.25) is 0 Å². The van der Waals surface area contributed by atoms with Crippen molar-refractivity contribution >= 4 is 17.5 Å². The summed E-state index contributed by atoms with van der Waals surface area (Å²) >= 11 is 0. The lowest BCUT2D eigenvalue weighted by molar-refractivity contribution is -0.137. The van der Waals surface area contributed by atoms with Crippen molar-refractivity contribution in [1.29, 1.82) is 0 Å². The summed E-state index contributed by atoms with van der Waals surface area (Å²) in [5, 5.41) is 0. The fraction of sp³-hybridized carbons (Fsp3) is 0.579. The molecule has 26 heavy (non-hydrogen) atoms. The number of likely N-dealkylation sites (tertiary alicyclic amines) is 1. The second-order valence-electron chi connectivity index (χ2n) is 7.18. The first kappa shape index (κ1) is 18.6. The van der Waals surface area contributed by atoms with Crippen molar-refractivity contribution in [2.75, 3.05) is 50.7 Å². The molecule has 3 rings (SSSR count). The number of primary amides is 1. The maximum atomic E-state index is 13.1. The molecule has 2 N–H and O–H groups in total. The molecule has 0 aromatic heterocycles. The van der Waals surface area contributed by atoms with E-state index in [4.69, 9.17) is 5.73 Å². The summed E-state index contributed by atoms with van der Waals surface area (Å²) in [7, 11) is 0. The molecule has 2 aliphatic heterocycles. The molecule has 0 bridgehead atoms. The zero-order valence-corrected chi connectivity index (χ0v) is 15.1. The molecule has 0 spiro atoms. The second kappa shape index (κ2) is 8.49. The van der Waals surface area contributed by atoms with E-state index < -0.39 is 0 Å². The number of piperidine rings is 1. The summed E-state index contributed by atoms with van der Waals surface area (Å²) in [6.45, 7) is 4.67. The molecule has 0 radical (unpaired) electrons. The third kappa shape index (κ3) is 4.72. The molecule has 142 valence electrons. The van der Waals surface area contributed by atoms with E-state index in [1.807, 2.05) is 9.80 Å². The molecule has 1 aromatic rings. The quantitative estimate of drug-likeness (QED) is 0.870. The average Bonchev–Trinajstić information content (AvgIpc) is 2.87. The van der Waals surface area contributed by atoms with Gasteiger partial charge in [0.05, 0.1) is 12.5 Å². The molecule has 2 fully saturated rings. The number of nitrogens with two attached hydrogens (primary N) is 1. The van der Waals surface area contributed by atoms with Crippen LogP contribution >= 0.6 is 0 Å². The molecule has 6 nitrogen and oxygen atoms in total. The lowest BCUT2D eigenvalue weighted by atomic mass is 9.96. The van der Waals surface area contributed by atoms with Gasteiger partial charge in [-0.25, -0.2) is 4.39 Å². The minimum atomic E-state index is -0.345. The van der Waals surface area contributed by atoms with E-state index in [1.165, 1.54) is 12.1 Å². The number of amides is 2. The Morgan fingerprint density at radius 1 is 1.04 bits per heavy atom. The van der Waals surface area contributed by atoms with Crippen LogP contribution in [-0.2, 0) is 9.59 Å². The van der Waals surface area contributed by atoms with Crippen molar-refractivity contribution in [2.24, 2.45) is 11.7 Å². The molecule has 1 atom stereocenters. The number of carbonyl (C=O) groups is 2. The Bertz CT molecular complexity index is 637. The highest BCUT2D eigenvalue weighted by Crippen LogP contribution is 2.21. The Kier molecular flexibility index (Phi) is 6.08. The molecule has 2 saturated heterocycles. The zero-order valence-electron chi connectivity index (χ0n) is 15.1. The second-order valence-corrected chi connectivity index (χ2v) is 7.18. The van der Waals surface area contributed by atoms with Crippen molar-refractivity contribution in [2.45, 2.75) is 19.3 Å². The van der Waals surface area contributed by atoms with Gasteiger partial charge in [-0.3, -0.25) is 14.5 Å². The Labute approximate surface area is 153 Å². The first-order valence-corrected chi connectivity index (χ1v) is 9.33. The Hall–Kier alpha value is -2.15. The largest absolute Gasteiger partial charge is 0.370 e. The minimum absolute atomic E-state index is 0.0551. The molecule has 0 aliphatic carbocycles. The van der Waals surface area contributed by atoms with E-state index in [2.05, 4.69) is 4.90 Å². The van der Waals surface area contributed by atoms with Crippen LogP contribution in [0.5, 0.6) is 0 Å². The standard InChI is InChI=1S/C19H27FN4O2/c20-16-4-6-17(7-5-16)23-9-2-10-24(12-11-23)19(26)15-3-1-8-22(13-15)14-18(21)25/h4-7,15H,1-3,8-14H2,(H2,21,25). The van der Waals surface area contributed by atoms with E-state index >= 15 is 0 Å². The monoisotopic (exact) mass is 362 g/mol. The average molecular weight is 362 g/mol.